The predicted octanol–water partition coefficient (Wildman–Crippen LogP) is 0.781. The molecule has 0 aliphatic heterocycles. The zero-order valence-electron chi connectivity index (χ0n) is 8.20. The Morgan fingerprint density at radius 2 is 2.31 bits per heavy atom. The Kier molecular flexibility index (Phi) is 3.64. The minimum Gasteiger partial charge on any atom is -0.358 e. The van der Waals surface area contributed by atoms with E-state index in [0.717, 1.165) is 24.3 Å². The van der Waals surface area contributed by atoms with Crippen molar-refractivity contribution in [2.24, 2.45) is 5.73 Å². The van der Waals surface area contributed by atoms with Gasteiger partial charge in [-0.15, -0.1) is 5.10 Å². The first-order chi connectivity index (χ1) is 6.29. The standard InChI is InChI=1S/C9H16N4/c1-3-6-13(2)9-8(7-10)4-5-11-12-9/h4-5H,3,6-7,10H2,1-2H3. The fourth-order valence-corrected chi connectivity index (χ4v) is 1.27. The van der Waals surface area contributed by atoms with Gasteiger partial charge in [-0.3, -0.25) is 0 Å². The molecule has 1 aromatic heterocycles. The summed E-state index contributed by atoms with van der Waals surface area (Å²) in [5.41, 5.74) is 6.64. The molecule has 1 heterocycles. The summed E-state index contributed by atoms with van der Waals surface area (Å²) in [6.45, 7) is 3.62. The van der Waals surface area contributed by atoms with E-state index in [-0.39, 0.29) is 0 Å². The van der Waals surface area contributed by atoms with E-state index in [1.807, 2.05) is 13.1 Å². The Labute approximate surface area is 78.8 Å². The van der Waals surface area contributed by atoms with E-state index >= 15 is 0 Å². The highest BCUT2D eigenvalue weighted by Gasteiger charge is 2.06. The molecule has 13 heavy (non-hydrogen) atoms. The quantitative estimate of drug-likeness (QED) is 0.744. The molecular formula is C9H16N4. The van der Waals surface area contributed by atoms with Crippen LogP contribution in [0.3, 0.4) is 0 Å². The van der Waals surface area contributed by atoms with Gasteiger partial charge in [-0.25, -0.2) is 0 Å². The summed E-state index contributed by atoms with van der Waals surface area (Å²) in [5, 5.41) is 7.91. The lowest BCUT2D eigenvalue weighted by Gasteiger charge is -2.18. The van der Waals surface area contributed by atoms with Crippen molar-refractivity contribution in [1.82, 2.24) is 10.2 Å². The Morgan fingerprint density at radius 1 is 1.54 bits per heavy atom. The molecule has 0 unspecified atom stereocenters. The molecule has 0 amide bonds. The van der Waals surface area contributed by atoms with Gasteiger partial charge >= 0.3 is 0 Å². The van der Waals surface area contributed by atoms with Gasteiger partial charge in [0.1, 0.15) is 0 Å². The summed E-state index contributed by atoms with van der Waals surface area (Å²) >= 11 is 0. The Morgan fingerprint density at radius 3 is 2.92 bits per heavy atom. The van der Waals surface area contributed by atoms with Crippen LogP contribution in [-0.2, 0) is 6.54 Å². The lowest BCUT2D eigenvalue weighted by atomic mass is 10.2. The maximum atomic E-state index is 5.59. The van der Waals surface area contributed by atoms with Crippen molar-refractivity contribution >= 4 is 5.82 Å². The zero-order chi connectivity index (χ0) is 9.68. The predicted molar refractivity (Wildman–Crippen MR) is 53.5 cm³/mol. The third-order valence-corrected chi connectivity index (χ3v) is 1.92. The highest BCUT2D eigenvalue weighted by molar-refractivity contribution is 5.44. The van der Waals surface area contributed by atoms with Crippen molar-refractivity contribution in [2.75, 3.05) is 18.5 Å². The number of hydrogen-bond acceptors (Lipinski definition) is 4. The molecule has 0 saturated carbocycles. The van der Waals surface area contributed by atoms with Crippen LogP contribution in [0.5, 0.6) is 0 Å². The second kappa shape index (κ2) is 4.77. The highest BCUT2D eigenvalue weighted by Crippen LogP contribution is 2.13. The highest BCUT2D eigenvalue weighted by atomic mass is 15.2. The maximum Gasteiger partial charge on any atom is 0.155 e. The van der Waals surface area contributed by atoms with Gasteiger partial charge in [-0.2, -0.15) is 5.10 Å². The van der Waals surface area contributed by atoms with Crippen molar-refractivity contribution in [3.05, 3.63) is 17.8 Å². The summed E-state index contributed by atoms with van der Waals surface area (Å²) in [4.78, 5) is 2.08. The van der Waals surface area contributed by atoms with Crippen molar-refractivity contribution < 1.29 is 0 Å². The van der Waals surface area contributed by atoms with Gasteiger partial charge < -0.3 is 10.6 Å². The van der Waals surface area contributed by atoms with Gasteiger partial charge in [-0.05, 0) is 12.5 Å². The Balaban J connectivity index is 2.85. The van der Waals surface area contributed by atoms with Crippen LogP contribution < -0.4 is 10.6 Å². The molecule has 72 valence electrons. The van der Waals surface area contributed by atoms with E-state index in [0.29, 0.717) is 6.54 Å². The van der Waals surface area contributed by atoms with Crippen LogP contribution in [0.1, 0.15) is 18.9 Å². The van der Waals surface area contributed by atoms with Gasteiger partial charge in [-0.1, -0.05) is 6.92 Å². The molecule has 0 fully saturated rings. The Hall–Kier alpha value is -1.16. The van der Waals surface area contributed by atoms with Gasteiger partial charge in [0.25, 0.3) is 0 Å². The molecule has 0 aliphatic carbocycles. The fraction of sp³-hybridized carbons (Fsp3) is 0.556. The molecule has 0 atom stereocenters. The second-order valence-electron chi connectivity index (χ2n) is 3.01. The minimum absolute atomic E-state index is 0.513. The maximum absolute atomic E-state index is 5.59. The molecule has 0 radical (unpaired) electrons. The van der Waals surface area contributed by atoms with E-state index in [2.05, 4.69) is 22.0 Å². The SMILES string of the molecule is CCCN(C)c1nnccc1CN. The third kappa shape index (κ3) is 2.39. The molecule has 0 bridgehead atoms. The minimum atomic E-state index is 0.513. The van der Waals surface area contributed by atoms with Gasteiger partial charge in [0.05, 0.1) is 6.20 Å². The lowest BCUT2D eigenvalue weighted by molar-refractivity contribution is 0.807. The van der Waals surface area contributed by atoms with Crippen molar-refractivity contribution in [2.45, 2.75) is 19.9 Å². The van der Waals surface area contributed by atoms with E-state index in [4.69, 9.17) is 5.73 Å². The van der Waals surface area contributed by atoms with Crippen LogP contribution in [0.25, 0.3) is 0 Å². The van der Waals surface area contributed by atoms with Crippen LogP contribution >= 0.6 is 0 Å². The van der Waals surface area contributed by atoms with Crippen LogP contribution in [0.2, 0.25) is 0 Å². The number of nitrogens with two attached hydrogens (primary N) is 1. The molecule has 0 spiro atoms. The normalized spacial score (nSPS) is 10.1. The summed E-state index contributed by atoms with van der Waals surface area (Å²) in [5.74, 6) is 0.895. The molecule has 0 aliphatic rings. The molecule has 0 aromatic carbocycles. The van der Waals surface area contributed by atoms with E-state index in [1.165, 1.54) is 0 Å². The first kappa shape index (κ1) is 9.92. The third-order valence-electron chi connectivity index (χ3n) is 1.92. The summed E-state index contributed by atoms with van der Waals surface area (Å²) in [6, 6.07) is 1.91. The number of anilines is 1. The number of aromatic nitrogens is 2. The molecular weight excluding hydrogens is 164 g/mol. The second-order valence-corrected chi connectivity index (χ2v) is 3.01. The van der Waals surface area contributed by atoms with Crippen LogP contribution in [0, 0.1) is 0 Å². The van der Waals surface area contributed by atoms with Crippen LogP contribution in [0.15, 0.2) is 12.3 Å². The number of hydrogen-bond donors (Lipinski definition) is 1. The van der Waals surface area contributed by atoms with E-state index < -0.39 is 0 Å². The van der Waals surface area contributed by atoms with Crippen molar-refractivity contribution in [1.29, 1.82) is 0 Å². The first-order valence-electron chi connectivity index (χ1n) is 4.51. The zero-order valence-corrected chi connectivity index (χ0v) is 8.20. The molecule has 4 nitrogen and oxygen atoms in total. The first-order valence-corrected chi connectivity index (χ1v) is 4.51. The molecule has 1 aromatic rings. The van der Waals surface area contributed by atoms with Crippen LogP contribution in [0.4, 0.5) is 5.82 Å². The van der Waals surface area contributed by atoms with E-state index in [1.54, 1.807) is 6.20 Å². The van der Waals surface area contributed by atoms with Crippen molar-refractivity contribution in [3.63, 3.8) is 0 Å². The fourth-order valence-electron chi connectivity index (χ4n) is 1.27. The lowest BCUT2D eigenvalue weighted by Crippen LogP contribution is -2.21. The topological polar surface area (TPSA) is 55.0 Å². The Bertz CT molecular complexity index is 262. The summed E-state index contributed by atoms with van der Waals surface area (Å²) in [7, 11) is 2.01. The molecule has 4 heteroatoms. The molecule has 2 N–H and O–H groups in total. The van der Waals surface area contributed by atoms with E-state index in [9.17, 15) is 0 Å². The summed E-state index contributed by atoms with van der Waals surface area (Å²) < 4.78 is 0. The smallest absolute Gasteiger partial charge is 0.155 e. The summed E-state index contributed by atoms with van der Waals surface area (Å²) in [6.07, 6.45) is 2.77. The number of rotatable bonds is 4. The average Bonchev–Trinajstić information content (AvgIpc) is 2.18. The molecule has 1 rings (SSSR count). The van der Waals surface area contributed by atoms with Gasteiger partial charge in [0.15, 0.2) is 5.82 Å². The monoisotopic (exact) mass is 180 g/mol. The van der Waals surface area contributed by atoms with Crippen LogP contribution in [-0.4, -0.2) is 23.8 Å². The number of nitrogens with zero attached hydrogens (tertiary/aromatic N) is 3. The van der Waals surface area contributed by atoms with Gasteiger partial charge in [0, 0.05) is 25.7 Å². The van der Waals surface area contributed by atoms with Gasteiger partial charge in [0.2, 0.25) is 0 Å². The van der Waals surface area contributed by atoms with Crippen molar-refractivity contribution in [3.8, 4) is 0 Å². The average molecular weight is 180 g/mol. The largest absolute Gasteiger partial charge is 0.358 e. The molecule has 0 saturated heterocycles.